The number of ether oxygens (including phenoxy) is 2. The van der Waals surface area contributed by atoms with Gasteiger partial charge in [0.05, 0.1) is 29.4 Å². The van der Waals surface area contributed by atoms with Crippen LogP contribution in [0.15, 0.2) is 54.9 Å². The number of halogens is 4. The summed E-state index contributed by atoms with van der Waals surface area (Å²) < 4.78 is 99.4. The van der Waals surface area contributed by atoms with Gasteiger partial charge in [0.2, 0.25) is 11.8 Å². The molecule has 0 saturated carbocycles. The molecule has 0 fully saturated rings. The van der Waals surface area contributed by atoms with E-state index in [1.807, 2.05) is 34.9 Å². The third kappa shape index (κ3) is 5.85. The number of nitrogens with zero attached hydrogens (tertiary/aromatic N) is 7. The number of pyridine rings is 1. The Kier molecular flexibility index (Phi) is 8.00. The molecule has 0 radical (unpaired) electrons. The van der Waals surface area contributed by atoms with Gasteiger partial charge in [0.15, 0.2) is 0 Å². The van der Waals surface area contributed by atoms with Crippen molar-refractivity contribution in [1.82, 2.24) is 38.1 Å². The first-order valence-corrected chi connectivity index (χ1v) is 15.1. The van der Waals surface area contributed by atoms with Crippen LogP contribution >= 0.6 is 0 Å². The van der Waals surface area contributed by atoms with Crippen LogP contribution in [-0.4, -0.2) is 75.2 Å². The molecule has 45 heavy (non-hydrogen) atoms. The predicted octanol–water partition coefficient (Wildman–Crippen LogP) is 4.00. The second-order valence-electron chi connectivity index (χ2n) is 10.6. The minimum Gasteiger partial charge on any atom is -0.476 e. The molecule has 2 aromatic heterocycles. The number of rotatable bonds is 10. The van der Waals surface area contributed by atoms with Gasteiger partial charge in [-0.15, -0.1) is 5.10 Å². The lowest BCUT2D eigenvalue weighted by molar-refractivity contribution is -0.0527. The first kappa shape index (κ1) is 30.5. The number of benzene rings is 1. The summed E-state index contributed by atoms with van der Waals surface area (Å²) >= 11 is 0. The molecule has 12 nitrogen and oxygen atoms in total. The predicted molar refractivity (Wildman–Crippen MR) is 154 cm³/mol. The normalized spacial score (nSPS) is 15.3. The Morgan fingerprint density at radius 3 is 2.51 bits per heavy atom. The van der Waals surface area contributed by atoms with Crippen molar-refractivity contribution < 1.29 is 35.5 Å². The minimum absolute atomic E-state index is 0.00556. The quantitative estimate of drug-likeness (QED) is 0.227. The highest BCUT2D eigenvalue weighted by Crippen LogP contribution is 2.49. The van der Waals surface area contributed by atoms with Crippen LogP contribution in [0.4, 0.5) is 17.6 Å². The molecule has 0 saturated heterocycles. The molecule has 0 bridgehead atoms. The zero-order valence-electron chi connectivity index (χ0n) is 24.2. The lowest BCUT2D eigenvalue weighted by Crippen LogP contribution is -2.48. The van der Waals surface area contributed by atoms with Crippen molar-refractivity contribution in [2.24, 2.45) is 7.05 Å². The number of fused-ring (bicyclic) bond motifs is 2. The molecule has 3 aliphatic heterocycles. The van der Waals surface area contributed by atoms with E-state index in [4.69, 9.17) is 14.5 Å². The molecule has 6 rings (SSSR count). The monoisotopic (exact) mass is 648 g/mol. The summed E-state index contributed by atoms with van der Waals surface area (Å²) in [6.45, 7) is -3.13. The molecule has 238 valence electrons. The van der Waals surface area contributed by atoms with Crippen LogP contribution < -0.4 is 14.2 Å². The third-order valence-electron chi connectivity index (χ3n) is 7.21. The number of hydrogen-bond acceptors (Lipinski definition) is 7. The van der Waals surface area contributed by atoms with Gasteiger partial charge in [0, 0.05) is 51.2 Å². The number of aryl methyl sites for hydroxylation is 1. The number of hydrogen-bond donors (Lipinski definition) is 1. The van der Waals surface area contributed by atoms with Crippen LogP contribution in [0.25, 0.3) is 33.8 Å². The van der Waals surface area contributed by atoms with Crippen LogP contribution in [-0.2, 0) is 30.3 Å². The van der Waals surface area contributed by atoms with Crippen LogP contribution in [0, 0.1) is 0 Å². The molecule has 3 aromatic rings. The number of aromatic nitrogens is 6. The summed E-state index contributed by atoms with van der Waals surface area (Å²) in [5, 5.41) is 8.14. The van der Waals surface area contributed by atoms with Crippen molar-refractivity contribution in [3.8, 4) is 45.5 Å². The molecule has 0 aliphatic carbocycles. The molecule has 5 heterocycles. The average molecular weight is 649 g/mol. The van der Waals surface area contributed by atoms with Gasteiger partial charge in [-0.3, -0.25) is 4.68 Å². The van der Waals surface area contributed by atoms with E-state index in [-0.39, 0.29) is 41.4 Å². The molecular weight excluding hydrogens is 620 g/mol. The van der Waals surface area contributed by atoms with Gasteiger partial charge in [-0.1, -0.05) is 30.3 Å². The van der Waals surface area contributed by atoms with Crippen LogP contribution in [0.3, 0.4) is 0 Å². The first-order valence-electron chi connectivity index (χ1n) is 13.7. The lowest BCUT2D eigenvalue weighted by atomic mass is 9.98. The fraction of sp³-hybridized carbons (Fsp3) is 0.321. The van der Waals surface area contributed by atoms with Crippen LogP contribution in [0.5, 0.6) is 11.8 Å². The molecule has 3 aliphatic rings. The van der Waals surface area contributed by atoms with Gasteiger partial charge >= 0.3 is 6.61 Å². The molecular formula is C28H28F4N8O4S. The Labute approximate surface area is 255 Å². The van der Waals surface area contributed by atoms with Crippen molar-refractivity contribution in [3.05, 3.63) is 66.1 Å². The van der Waals surface area contributed by atoms with E-state index in [0.717, 1.165) is 14.6 Å². The summed E-state index contributed by atoms with van der Waals surface area (Å²) in [5.74, 6) is -0.101. The van der Waals surface area contributed by atoms with Crippen molar-refractivity contribution in [1.29, 1.82) is 0 Å². The van der Waals surface area contributed by atoms with Crippen molar-refractivity contribution >= 4 is 10.2 Å². The molecule has 1 N–H and O–H groups in total. The smallest absolute Gasteiger partial charge is 0.388 e. The fourth-order valence-corrected chi connectivity index (χ4v) is 6.04. The molecule has 1 atom stereocenters. The van der Waals surface area contributed by atoms with Gasteiger partial charge in [-0.2, -0.15) is 31.3 Å². The van der Waals surface area contributed by atoms with E-state index >= 15 is 0 Å². The van der Waals surface area contributed by atoms with Crippen LogP contribution in [0.2, 0.25) is 0 Å². The second kappa shape index (κ2) is 11.8. The topological polar surface area (TPSA) is 121 Å². The lowest BCUT2D eigenvalue weighted by Gasteiger charge is -2.26. The molecule has 1 unspecified atom stereocenters. The summed E-state index contributed by atoms with van der Waals surface area (Å²) in [4.78, 5) is 4.81. The van der Waals surface area contributed by atoms with E-state index in [1.165, 1.54) is 32.0 Å². The van der Waals surface area contributed by atoms with E-state index in [2.05, 4.69) is 14.9 Å². The SMILES string of the molecule is CN(C)S(=O)(=O)NC1COc2c(-c3nc4n(Cc5ccccc5)cccc-4c3-c3cn(C)nc3OC(F)F)c(C(F)F)nn2C1. The molecule has 0 amide bonds. The Hall–Kier alpha value is -4.48. The highest BCUT2D eigenvalue weighted by Gasteiger charge is 2.37. The Bertz CT molecular complexity index is 1910. The van der Waals surface area contributed by atoms with Crippen molar-refractivity contribution in [3.63, 3.8) is 0 Å². The van der Waals surface area contributed by atoms with Gasteiger partial charge < -0.3 is 14.0 Å². The van der Waals surface area contributed by atoms with Crippen LogP contribution in [0.1, 0.15) is 17.7 Å². The average Bonchev–Trinajstić information content (AvgIpc) is 3.65. The van der Waals surface area contributed by atoms with E-state index in [0.29, 0.717) is 17.9 Å². The van der Waals surface area contributed by atoms with Gasteiger partial charge in [-0.05, 0) is 17.7 Å². The highest BCUT2D eigenvalue weighted by atomic mass is 32.2. The highest BCUT2D eigenvalue weighted by molar-refractivity contribution is 7.87. The zero-order valence-corrected chi connectivity index (χ0v) is 25.0. The van der Waals surface area contributed by atoms with E-state index in [9.17, 15) is 26.0 Å². The summed E-state index contributed by atoms with van der Waals surface area (Å²) in [6.07, 6.45) is 0.125. The fourth-order valence-electron chi connectivity index (χ4n) is 5.26. The van der Waals surface area contributed by atoms with Gasteiger partial charge in [0.1, 0.15) is 18.1 Å². The van der Waals surface area contributed by atoms with Crippen molar-refractivity contribution in [2.75, 3.05) is 20.7 Å². The second-order valence-corrected chi connectivity index (χ2v) is 12.5. The summed E-state index contributed by atoms with van der Waals surface area (Å²) in [5.41, 5.74) is 0.892. The third-order valence-corrected chi connectivity index (χ3v) is 8.81. The Morgan fingerprint density at radius 1 is 1.07 bits per heavy atom. The maximum atomic E-state index is 14.7. The molecule has 0 spiro atoms. The summed E-state index contributed by atoms with van der Waals surface area (Å²) in [6, 6.07) is 12.1. The Morgan fingerprint density at radius 2 is 1.82 bits per heavy atom. The zero-order chi connectivity index (χ0) is 32.0. The van der Waals surface area contributed by atoms with Gasteiger partial charge in [0.25, 0.3) is 16.6 Å². The molecule has 1 aromatic carbocycles. The maximum Gasteiger partial charge on any atom is 0.388 e. The summed E-state index contributed by atoms with van der Waals surface area (Å²) in [7, 11) is 0.348. The first-order chi connectivity index (χ1) is 21.4. The van der Waals surface area contributed by atoms with E-state index in [1.54, 1.807) is 18.3 Å². The standard InChI is InChI=1S/C28H28F4N8O4S/c1-37(2)45(41,42)36-17-13-40-27(43-15-17)21(23(34-40)24(29)30)22-20(19-14-38(3)35-26(19)44-28(31)32)18-10-7-11-39(25(18)33-22)12-16-8-5-4-6-9-16/h4-11,14,17,24,28,36H,12-13,15H2,1-3H3. The minimum atomic E-state index is -3.86. The molecule has 17 heteroatoms. The number of alkyl halides is 4. The largest absolute Gasteiger partial charge is 0.476 e. The van der Waals surface area contributed by atoms with Gasteiger partial charge in [-0.25, -0.2) is 18.4 Å². The Balaban J connectivity index is 1.55. The number of nitrogens with one attached hydrogen (secondary N) is 1. The van der Waals surface area contributed by atoms with Crippen molar-refractivity contribution in [2.45, 2.75) is 32.2 Å². The van der Waals surface area contributed by atoms with E-state index < -0.39 is 40.9 Å². The maximum absolute atomic E-state index is 14.7.